The molecule has 0 atom stereocenters. The summed E-state index contributed by atoms with van der Waals surface area (Å²) in [5.41, 5.74) is 1.30. The Labute approximate surface area is 233 Å². The molecule has 0 spiro atoms. The second-order valence-electron chi connectivity index (χ2n) is 8.89. The summed E-state index contributed by atoms with van der Waals surface area (Å²) in [6.45, 7) is 0.644. The first-order valence-corrected chi connectivity index (χ1v) is 15.6. The first-order chi connectivity index (χ1) is 18.1. The molecule has 1 N–H and O–H groups in total. The van der Waals surface area contributed by atoms with E-state index in [1.165, 1.54) is 40.7 Å². The van der Waals surface area contributed by atoms with Crippen LogP contribution in [0.15, 0.2) is 82.6 Å². The fraction of sp³-hybridized carbons (Fsp3) is 0.269. The summed E-state index contributed by atoms with van der Waals surface area (Å²) < 4.78 is 54.8. The van der Waals surface area contributed by atoms with E-state index in [2.05, 4.69) is 5.32 Å². The predicted octanol–water partition coefficient (Wildman–Crippen LogP) is 4.29. The monoisotopic (exact) mass is 595 g/mol. The van der Waals surface area contributed by atoms with Gasteiger partial charge in [0.05, 0.1) is 16.3 Å². The van der Waals surface area contributed by atoms with Crippen molar-refractivity contribution >= 4 is 49.2 Å². The van der Waals surface area contributed by atoms with E-state index < -0.39 is 32.5 Å². The number of carbonyl (C=O) groups excluding carboxylic acids is 1. The van der Waals surface area contributed by atoms with Crippen LogP contribution < -0.4 is 5.32 Å². The Morgan fingerprint density at radius 2 is 1.45 bits per heavy atom. The molecule has 38 heavy (non-hydrogen) atoms. The van der Waals surface area contributed by atoms with Gasteiger partial charge in [0.25, 0.3) is 0 Å². The number of hydrogen-bond acceptors (Lipinski definition) is 5. The van der Waals surface area contributed by atoms with Crippen LogP contribution in [0.4, 0.5) is 0 Å². The van der Waals surface area contributed by atoms with Gasteiger partial charge < -0.3 is 5.32 Å². The molecule has 0 unspecified atom stereocenters. The number of carbonyl (C=O) groups is 1. The lowest BCUT2D eigenvalue weighted by molar-refractivity contribution is -0.121. The van der Waals surface area contributed by atoms with Crippen molar-refractivity contribution in [3.05, 3.63) is 94.0 Å². The number of benzene rings is 3. The second kappa shape index (κ2) is 12.1. The van der Waals surface area contributed by atoms with Crippen LogP contribution in [0.3, 0.4) is 0 Å². The maximum Gasteiger partial charge on any atom is 0.243 e. The van der Waals surface area contributed by atoms with Crippen molar-refractivity contribution in [3.63, 3.8) is 0 Å². The fourth-order valence-corrected chi connectivity index (χ4v) is 7.33. The lowest BCUT2D eigenvalue weighted by Crippen LogP contribution is -2.40. The molecule has 1 amide bonds. The molecule has 4 rings (SSSR count). The quantitative estimate of drug-likeness (QED) is 0.376. The standard InChI is InChI=1S/C26H27Cl2N3O5S2/c27-22-8-12-25(13-9-22)38(35,36)31(18-21-4-3-5-23(28)16-21)19-26(32)29-17-20-6-10-24(11-7-20)37(33,34)30-14-1-2-15-30/h3-13,16H,1-2,14-15,17-19H2,(H,29,32). The average Bonchev–Trinajstić information content (AvgIpc) is 3.44. The molecule has 1 saturated heterocycles. The van der Waals surface area contributed by atoms with E-state index in [9.17, 15) is 21.6 Å². The van der Waals surface area contributed by atoms with Gasteiger partial charge in [-0.25, -0.2) is 16.8 Å². The topological polar surface area (TPSA) is 104 Å². The fourth-order valence-electron chi connectivity index (χ4n) is 4.09. The largest absolute Gasteiger partial charge is 0.351 e. The maximum atomic E-state index is 13.4. The van der Waals surface area contributed by atoms with Gasteiger partial charge in [-0.2, -0.15) is 8.61 Å². The summed E-state index contributed by atoms with van der Waals surface area (Å²) in [4.78, 5) is 13.1. The van der Waals surface area contributed by atoms with Crippen molar-refractivity contribution in [2.75, 3.05) is 19.6 Å². The second-order valence-corrected chi connectivity index (χ2v) is 13.6. The lowest BCUT2D eigenvalue weighted by atomic mass is 10.2. The van der Waals surface area contributed by atoms with Crippen molar-refractivity contribution in [1.82, 2.24) is 13.9 Å². The highest BCUT2D eigenvalue weighted by Gasteiger charge is 2.28. The SMILES string of the molecule is O=C(CN(Cc1cccc(Cl)c1)S(=O)(=O)c1ccc(Cl)cc1)NCc1ccc(S(=O)(=O)N2CCCC2)cc1. The Bertz CT molecular complexity index is 1490. The highest BCUT2D eigenvalue weighted by Crippen LogP contribution is 2.23. The van der Waals surface area contributed by atoms with Crippen molar-refractivity contribution in [1.29, 1.82) is 0 Å². The van der Waals surface area contributed by atoms with Gasteiger partial charge in [0, 0.05) is 36.2 Å². The number of halogens is 2. The van der Waals surface area contributed by atoms with E-state index in [-0.39, 0.29) is 22.9 Å². The van der Waals surface area contributed by atoms with Crippen LogP contribution in [0.5, 0.6) is 0 Å². The van der Waals surface area contributed by atoms with Crippen LogP contribution >= 0.6 is 23.2 Å². The number of nitrogens with one attached hydrogen (secondary N) is 1. The Balaban J connectivity index is 1.45. The van der Waals surface area contributed by atoms with E-state index in [1.54, 1.807) is 36.4 Å². The smallest absolute Gasteiger partial charge is 0.243 e. The molecule has 1 aliphatic rings. The molecule has 0 bridgehead atoms. The number of sulfonamides is 2. The zero-order valence-electron chi connectivity index (χ0n) is 20.4. The van der Waals surface area contributed by atoms with Gasteiger partial charge in [-0.15, -0.1) is 0 Å². The molecule has 3 aromatic rings. The number of amides is 1. The highest BCUT2D eigenvalue weighted by atomic mass is 35.5. The Kier molecular flexibility index (Phi) is 9.12. The molecule has 12 heteroatoms. The van der Waals surface area contributed by atoms with E-state index in [4.69, 9.17) is 23.2 Å². The molecule has 1 heterocycles. The Morgan fingerprint density at radius 3 is 2.08 bits per heavy atom. The van der Waals surface area contributed by atoms with E-state index >= 15 is 0 Å². The van der Waals surface area contributed by atoms with E-state index in [0.717, 1.165) is 17.1 Å². The zero-order chi connectivity index (χ0) is 27.3. The van der Waals surface area contributed by atoms with Crippen LogP contribution in [0, 0.1) is 0 Å². The maximum absolute atomic E-state index is 13.4. The van der Waals surface area contributed by atoms with Crippen LogP contribution in [0.1, 0.15) is 24.0 Å². The first-order valence-electron chi connectivity index (χ1n) is 11.9. The van der Waals surface area contributed by atoms with Gasteiger partial charge in [0.1, 0.15) is 0 Å². The van der Waals surface area contributed by atoms with Gasteiger partial charge in [-0.3, -0.25) is 4.79 Å². The van der Waals surface area contributed by atoms with Crippen LogP contribution in [-0.4, -0.2) is 51.0 Å². The van der Waals surface area contributed by atoms with Crippen molar-refractivity contribution in [2.45, 2.75) is 35.7 Å². The van der Waals surface area contributed by atoms with Gasteiger partial charge in [0.2, 0.25) is 26.0 Å². The molecule has 1 fully saturated rings. The third kappa shape index (κ3) is 6.93. The van der Waals surface area contributed by atoms with E-state index in [0.29, 0.717) is 34.3 Å². The Hall–Kier alpha value is -2.47. The van der Waals surface area contributed by atoms with E-state index in [1.807, 2.05) is 0 Å². The van der Waals surface area contributed by atoms with Gasteiger partial charge in [0.15, 0.2) is 0 Å². The molecule has 0 aromatic heterocycles. The summed E-state index contributed by atoms with van der Waals surface area (Å²) in [7, 11) is -7.56. The summed E-state index contributed by atoms with van der Waals surface area (Å²) >= 11 is 12.0. The molecule has 0 saturated carbocycles. The van der Waals surface area contributed by atoms with Crippen LogP contribution in [0.25, 0.3) is 0 Å². The van der Waals surface area contributed by atoms with Gasteiger partial charge in [-0.1, -0.05) is 47.5 Å². The summed E-state index contributed by atoms with van der Waals surface area (Å²) in [5, 5.41) is 3.56. The lowest BCUT2D eigenvalue weighted by Gasteiger charge is -2.22. The zero-order valence-corrected chi connectivity index (χ0v) is 23.5. The minimum atomic E-state index is -4.04. The average molecular weight is 597 g/mol. The normalized spacial score (nSPS) is 14.6. The molecule has 1 aliphatic heterocycles. The third-order valence-corrected chi connectivity index (χ3v) is 10.3. The summed E-state index contributed by atoms with van der Waals surface area (Å²) in [6.07, 6.45) is 1.71. The number of rotatable bonds is 10. The first kappa shape index (κ1) is 28.5. The van der Waals surface area contributed by atoms with Crippen molar-refractivity contribution < 1.29 is 21.6 Å². The molecular formula is C26H27Cl2N3O5S2. The molecule has 0 radical (unpaired) electrons. The third-order valence-electron chi connectivity index (χ3n) is 6.14. The number of hydrogen-bond donors (Lipinski definition) is 1. The minimum Gasteiger partial charge on any atom is -0.351 e. The van der Waals surface area contributed by atoms with Gasteiger partial charge in [-0.05, 0) is 72.5 Å². The highest BCUT2D eigenvalue weighted by molar-refractivity contribution is 7.89. The molecule has 3 aromatic carbocycles. The molecule has 202 valence electrons. The molecule has 8 nitrogen and oxygen atoms in total. The predicted molar refractivity (Wildman–Crippen MR) is 147 cm³/mol. The van der Waals surface area contributed by atoms with Crippen molar-refractivity contribution in [2.24, 2.45) is 0 Å². The summed E-state index contributed by atoms with van der Waals surface area (Å²) in [6, 6.07) is 18.8. The van der Waals surface area contributed by atoms with Gasteiger partial charge >= 0.3 is 0 Å². The minimum absolute atomic E-state index is 0.00604. The Morgan fingerprint density at radius 1 is 0.816 bits per heavy atom. The molecule has 0 aliphatic carbocycles. The number of nitrogens with zero attached hydrogens (tertiary/aromatic N) is 2. The summed E-state index contributed by atoms with van der Waals surface area (Å²) in [5.74, 6) is -0.515. The van der Waals surface area contributed by atoms with Crippen LogP contribution in [-0.2, 0) is 37.9 Å². The van der Waals surface area contributed by atoms with Crippen LogP contribution in [0.2, 0.25) is 10.0 Å². The van der Waals surface area contributed by atoms with Crippen molar-refractivity contribution in [3.8, 4) is 0 Å². The molecular weight excluding hydrogens is 569 g/mol.